The summed E-state index contributed by atoms with van der Waals surface area (Å²) in [5, 5.41) is 8.74. The van der Waals surface area contributed by atoms with Crippen LogP contribution >= 0.6 is 0 Å². The second kappa shape index (κ2) is 6.34. The Hall–Kier alpha value is -1.13. The summed E-state index contributed by atoms with van der Waals surface area (Å²) in [4.78, 5) is 10.7. The highest BCUT2D eigenvalue weighted by molar-refractivity contribution is 5.75. The topological polar surface area (TPSA) is 67.2 Å². The van der Waals surface area contributed by atoms with Gasteiger partial charge in [-0.2, -0.15) is 4.57 Å². The molecule has 0 atom stereocenters. The van der Waals surface area contributed by atoms with Crippen molar-refractivity contribution in [3.8, 4) is 0 Å². The lowest BCUT2D eigenvalue weighted by molar-refractivity contribution is -0.704. The van der Waals surface area contributed by atoms with E-state index in [1.165, 1.54) is 0 Å². The number of primary amides is 1. The Morgan fingerprint density at radius 1 is 1.50 bits per heavy atom. The molecule has 0 aliphatic rings. The largest absolute Gasteiger partial charge is 1.00 e. The number of amides is 1. The third kappa shape index (κ3) is 3.72. The second-order valence-electron chi connectivity index (χ2n) is 2.75. The van der Waals surface area contributed by atoms with Crippen molar-refractivity contribution < 1.29 is 26.9 Å². The molecule has 0 spiro atoms. The summed E-state index contributed by atoms with van der Waals surface area (Å²) in [5.41, 5.74) is 5.90. The van der Waals surface area contributed by atoms with Gasteiger partial charge in [-0.15, -0.1) is 0 Å². The maximum atomic E-state index is 10.7. The molecule has 1 amide bonds. The Kier molecular flexibility index (Phi) is 5.83. The smallest absolute Gasteiger partial charge is 0.228 e. The van der Waals surface area contributed by atoms with Crippen LogP contribution in [-0.2, 0) is 17.8 Å². The number of aromatic nitrogens is 1. The molecule has 1 rings (SSSR count). The van der Waals surface area contributed by atoms with Gasteiger partial charge in [-0.1, -0.05) is 6.07 Å². The number of rotatable bonds is 4. The lowest BCUT2D eigenvalue weighted by Crippen LogP contribution is -3.00. The molecule has 0 bridgehead atoms. The van der Waals surface area contributed by atoms with E-state index < -0.39 is 0 Å². The van der Waals surface area contributed by atoms with Crippen LogP contribution < -0.4 is 22.7 Å². The Labute approximate surface area is 88.8 Å². The maximum absolute atomic E-state index is 10.7. The number of carbonyl (C=O) groups is 1. The minimum absolute atomic E-state index is 0. The van der Waals surface area contributed by atoms with Crippen LogP contribution in [0.3, 0.4) is 0 Å². The molecule has 1 heterocycles. The van der Waals surface area contributed by atoms with Crippen molar-refractivity contribution >= 4 is 5.91 Å². The quantitative estimate of drug-likeness (QED) is 0.504. The molecule has 0 aliphatic carbocycles. The van der Waals surface area contributed by atoms with Gasteiger partial charge >= 0.3 is 0 Å². The standard InChI is InChI=1S/C9H12N2O2.ClH/c10-9(13)7-8-3-1-2-4-11(8)5-6-12;/h1-4,12H,5-7H2,(H-,10,13);1H. The number of aliphatic hydroxyl groups is 1. The summed E-state index contributed by atoms with van der Waals surface area (Å²) >= 11 is 0. The third-order valence-corrected chi connectivity index (χ3v) is 1.73. The fraction of sp³-hybridized carbons (Fsp3) is 0.333. The van der Waals surface area contributed by atoms with E-state index in [-0.39, 0.29) is 31.3 Å². The summed E-state index contributed by atoms with van der Waals surface area (Å²) < 4.78 is 1.81. The zero-order chi connectivity index (χ0) is 9.68. The van der Waals surface area contributed by atoms with E-state index in [0.29, 0.717) is 6.54 Å². The first-order valence-electron chi connectivity index (χ1n) is 4.10. The van der Waals surface area contributed by atoms with E-state index in [4.69, 9.17) is 10.8 Å². The molecule has 1 aromatic rings. The zero-order valence-electron chi connectivity index (χ0n) is 7.69. The molecule has 0 aromatic carbocycles. The summed E-state index contributed by atoms with van der Waals surface area (Å²) in [6.45, 7) is 0.546. The van der Waals surface area contributed by atoms with Crippen molar-refractivity contribution in [2.75, 3.05) is 6.61 Å². The predicted octanol–water partition coefficient (Wildman–Crippen LogP) is -4.00. The Morgan fingerprint density at radius 2 is 2.21 bits per heavy atom. The summed E-state index contributed by atoms with van der Waals surface area (Å²) in [6.07, 6.45) is 2.02. The Bertz CT molecular complexity index is 305. The highest BCUT2D eigenvalue weighted by Crippen LogP contribution is 1.92. The number of pyridine rings is 1. The molecule has 5 heteroatoms. The fourth-order valence-electron chi connectivity index (χ4n) is 1.18. The van der Waals surface area contributed by atoms with Crippen molar-refractivity contribution in [1.82, 2.24) is 0 Å². The average Bonchev–Trinajstić information content (AvgIpc) is 2.08. The van der Waals surface area contributed by atoms with Crippen LogP contribution in [0.25, 0.3) is 0 Å². The van der Waals surface area contributed by atoms with Crippen LogP contribution in [0.5, 0.6) is 0 Å². The SMILES string of the molecule is NC(=O)Cc1cccc[n+]1CCO.[Cl-]. The van der Waals surface area contributed by atoms with Crippen LogP contribution in [-0.4, -0.2) is 17.6 Å². The van der Waals surface area contributed by atoms with Crippen LogP contribution in [0.15, 0.2) is 24.4 Å². The Morgan fingerprint density at radius 3 is 2.79 bits per heavy atom. The first-order valence-corrected chi connectivity index (χ1v) is 4.10. The van der Waals surface area contributed by atoms with Gasteiger partial charge in [-0.3, -0.25) is 4.79 Å². The first kappa shape index (κ1) is 12.9. The van der Waals surface area contributed by atoms with Crippen molar-refractivity contribution in [1.29, 1.82) is 0 Å². The van der Waals surface area contributed by atoms with Crippen LogP contribution in [0, 0.1) is 0 Å². The molecule has 0 unspecified atom stereocenters. The molecule has 0 saturated heterocycles. The van der Waals surface area contributed by atoms with E-state index in [9.17, 15) is 4.79 Å². The van der Waals surface area contributed by atoms with Crippen molar-refractivity contribution in [2.45, 2.75) is 13.0 Å². The van der Waals surface area contributed by atoms with Crippen LogP contribution in [0.2, 0.25) is 0 Å². The second-order valence-corrected chi connectivity index (χ2v) is 2.75. The summed E-state index contributed by atoms with van der Waals surface area (Å²) in [5.74, 6) is -0.363. The Balaban J connectivity index is 0.00000169. The van der Waals surface area contributed by atoms with Gasteiger partial charge in [0.15, 0.2) is 18.4 Å². The highest BCUT2D eigenvalue weighted by Gasteiger charge is 2.10. The number of hydrogen-bond acceptors (Lipinski definition) is 2. The van der Waals surface area contributed by atoms with Crippen molar-refractivity contribution in [2.24, 2.45) is 5.73 Å². The lowest BCUT2D eigenvalue weighted by atomic mass is 10.2. The molecule has 1 aromatic heterocycles. The lowest BCUT2D eigenvalue weighted by Gasteiger charge is -1.99. The molecule has 3 N–H and O–H groups in total. The highest BCUT2D eigenvalue weighted by atomic mass is 35.5. The predicted molar refractivity (Wildman–Crippen MR) is 46.6 cm³/mol. The molecular formula is C9H13ClN2O2. The van der Waals surface area contributed by atoms with Gasteiger partial charge in [0.05, 0.1) is 0 Å². The molecule has 78 valence electrons. The molecule has 0 fully saturated rings. The monoisotopic (exact) mass is 216 g/mol. The summed E-state index contributed by atoms with van der Waals surface area (Å²) in [6, 6.07) is 5.51. The normalized spacial score (nSPS) is 9.21. The minimum Gasteiger partial charge on any atom is -1.00 e. The number of carbonyl (C=O) groups excluding carboxylic acids is 1. The third-order valence-electron chi connectivity index (χ3n) is 1.73. The molecule has 0 radical (unpaired) electrons. The molecule has 14 heavy (non-hydrogen) atoms. The number of halogens is 1. The van der Waals surface area contributed by atoms with Crippen molar-refractivity contribution in [3.05, 3.63) is 30.1 Å². The number of aliphatic hydroxyl groups excluding tert-OH is 1. The van der Waals surface area contributed by atoms with Gasteiger partial charge in [0, 0.05) is 12.1 Å². The van der Waals surface area contributed by atoms with Crippen molar-refractivity contribution in [3.63, 3.8) is 0 Å². The molecule has 4 nitrogen and oxygen atoms in total. The number of nitrogens with zero attached hydrogens (tertiary/aromatic N) is 1. The number of nitrogens with two attached hydrogens (primary N) is 1. The number of hydrogen-bond donors (Lipinski definition) is 2. The fourth-order valence-corrected chi connectivity index (χ4v) is 1.18. The summed E-state index contributed by atoms with van der Waals surface area (Å²) in [7, 11) is 0. The van der Waals surface area contributed by atoms with Gasteiger partial charge in [0.1, 0.15) is 13.0 Å². The van der Waals surface area contributed by atoms with E-state index in [1.807, 2.05) is 29.0 Å². The van der Waals surface area contributed by atoms with Crippen LogP contribution in [0.4, 0.5) is 0 Å². The van der Waals surface area contributed by atoms with E-state index in [0.717, 1.165) is 5.69 Å². The van der Waals surface area contributed by atoms with Gasteiger partial charge in [0.2, 0.25) is 5.91 Å². The van der Waals surface area contributed by atoms with Gasteiger partial charge < -0.3 is 23.2 Å². The van der Waals surface area contributed by atoms with Gasteiger partial charge in [0.25, 0.3) is 0 Å². The van der Waals surface area contributed by atoms with E-state index in [2.05, 4.69) is 0 Å². The van der Waals surface area contributed by atoms with E-state index in [1.54, 1.807) is 0 Å². The first-order chi connectivity index (χ1) is 6.24. The van der Waals surface area contributed by atoms with Gasteiger partial charge in [-0.05, 0) is 0 Å². The van der Waals surface area contributed by atoms with Gasteiger partial charge in [-0.25, -0.2) is 0 Å². The zero-order valence-corrected chi connectivity index (χ0v) is 8.44. The molecule has 0 saturated carbocycles. The average molecular weight is 217 g/mol. The van der Waals surface area contributed by atoms with Crippen LogP contribution in [0.1, 0.15) is 5.69 Å². The molecule has 0 aliphatic heterocycles. The van der Waals surface area contributed by atoms with E-state index >= 15 is 0 Å². The minimum atomic E-state index is -0.363. The molecular weight excluding hydrogens is 204 g/mol. The maximum Gasteiger partial charge on any atom is 0.228 e.